The Labute approximate surface area is 119 Å². The largest absolute Gasteiger partial charge is 0.399 e. The van der Waals surface area contributed by atoms with E-state index >= 15 is 0 Å². The Hall–Kier alpha value is -0.720. The standard InChI is InChI=1S/C13H20N2O2S2/c1-18-13-7-3-6-12(13)15-19(16,17)9-10-4-2-5-11(14)8-10/h2,4-5,8,12-13,15H,3,6-7,9,14H2,1H3. The highest BCUT2D eigenvalue weighted by Crippen LogP contribution is 2.29. The van der Waals surface area contributed by atoms with E-state index in [9.17, 15) is 8.42 Å². The van der Waals surface area contributed by atoms with Crippen LogP contribution in [0.1, 0.15) is 24.8 Å². The molecule has 0 saturated heterocycles. The van der Waals surface area contributed by atoms with Crippen LogP contribution in [0.4, 0.5) is 5.69 Å². The maximum absolute atomic E-state index is 12.2. The van der Waals surface area contributed by atoms with Crippen LogP contribution >= 0.6 is 11.8 Å². The Kier molecular flexibility index (Phi) is 4.76. The molecule has 1 aliphatic rings. The summed E-state index contributed by atoms with van der Waals surface area (Å²) in [5, 5.41) is 0.399. The van der Waals surface area contributed by atoms with Gasteiger partial charge in [0.15, 0.2) is 0 Å². The molecule has 3 N–H and O–H groups in total. The molecule has 0 aromatic heterocycles. The molecule has 0 spiro atoms. The molecule has 2 unspecified atom stereocenters. The van der Waals surface area contributed by atoms with E-state index in [2.05, 4.69) is 4.72 Å². The highest BCUT2D eigenvalue weighted by Gasteiger charge is 2.29. The molecule has 2 rings (SSSR count). The predicted octanol–water partition coefficient (Wildman–Crippen LogP) is 1.97. The summed E-state index contributed by atoms with van der Waals surface area (Å²) in [6, 6.07) is 7.10. The molecule has 1 aliphatic carbocycles. The van der Waals surface area contributed by atoms with E-state index in [1.807, 2.05) is 6.26 Å². The zero-order valence-electron chi connectivity index (χ0n) is 11.0. The quantitative estimate of drug-likeness (QED) is 0.816. The van der Waals surface area contributed by atoms with E-state index in [1.165, 1.54) is 0 Å². The van der Waals surface area contributed by atoms with Crippen molar-refractivity contribution >= 4 is 27.5 Å². The monoisotopic (exact) mass is 300 g/mol. The van der Waals surface area contributed by atoms with Crippen LogP contribution in [0.15, 0.2) is 24.3 Å². The van der Waals surface area contributed by atoms with Crippen LogP contribution in [-0.4, -0.2) is 26.0 Å². The van der Waals surface area contributed by atoms with Gasteiger partial charge >= 0.3 is 0 Å². The first-order valence-electron chi connectivity index (χ1n) is 6.37. The lowest BCUT2D eigenvalue weighted by atomic mass is 10.2. The Morgan fingerprint density at radius 2 is 2.21 bits per heavy atom. The lowest BCUT2D eigenvalue weighted by Gasteiger charge is -2.19. The van der Waals surface area contributed by atoms with Crippen LogP contribution in [0.2, 0.25) is 0 Å². The van der Waals surface area contributed by atoms with Crippen molar-refractivity contribution in [2.75, 3.05) is 12.0 Å². The summed E-state index contributed by atoms with van der Waals surface area (Å²) in [6.45, 7) is 0. The molecule has 106 valence electrons. The molecule has 1 aromatic carbocycles. The Bertz CT molecular complexity index is 531. The second kappa shape index (κ2) is 6.15. The minimum Gasteiger partial charge on any atom is -0.399 e. The normalized spacial score (nSPS) is 23.6. The van der Waals surface area contributed by atoms with E-state index in [1.54, 1.807) is 36.0 Å². The van der Waals surface area contributed by atoms with Crippen molar-refractivity contribution in [3.05, 3.63) is 29.8 Å². The highest BCUT2D eigenvalue weighted by molar-refractivity contribution is 7.99. The smallest absolute Gasteiger partial charge is 0.216 e. The third-order valence-electron chi connectivity index (χ3n) is 3.39. The lowest BCUT2D eigenvalue weighted by molar-refractivity contribution is 0.554. The molecule has 1 saturated carbocycles. The average molecular weight is 300 g/mol. The van der Waals surface area contributed by atoms with Crippen LogP contribution in [0, 0.1) is 0 Å². The van der Waals surface area contributed by atoms with Crippen molar-refractivity contribution in [1.82, 2.24) is 4.72 Å². The topological polar surface area (TPSA) is 72.2 Å². The van der Waals surface area contributed by atoms with Gasteiger partial charge in [0, 0.05) is 17.0 Å². The number of rotatable bonds is 5. The van der Waals surface area contributed by atoms with Crippen LogP contribution in [0.5, 0.6) is 0 Å². The van der Waals surface area contributed by atoms with Crippen molar-refractivity contribution in [2.24, 2.45) is 0 Å². The molecule has 19 heavy (non-hydrogen) atoms. The number of benzene rings is 1. The summed E-state index contributed by atoms with van der Waals surface area (Å²) in [5.41, 5.74) is 6.99. The SMILES string of the molecule is CSC1CCCC1NS(=O)(=O)Cc1cccc(N)c1. The summed E-state index contributed by atoms with van der Waals surface area (Å²) in [5.74, 6) is -0.00432. The minimum absolute atomic E-state index is 0.00432. The van der Waals surface area contributed by atoms with Gasteiger partial charge in [-0.1, -0.05) is 18.6 Å². The van der Waals surface area contributed by atoms with Crippen molar-refractivity contribution < 1.29 is 8.42 Å². The van der Waals surface area contributed by atoms with E-state index < -0.39 is 10.0 Å². The fourth-order valence-electron chi connectivity index (χ4n) is 2.52. The van der Waals surface area contributed by atoms with Gasteiger partial charge in [0.25, 0.3) is 0 Å². The van der Waals surface area contributed by atoms with Gasteiger partial charge in [0.1, 0.15) is 0 Å². The van der Waals surface area contributed by atoms with Crippen LogP contribution in [0.25, 0.3) is 0 Å². The highest BCUT2D eigenvalue weighted by atomic mass is 32.2. The zero-order chi connectivity index (χ0) is 13.9. The van der Waals surface area contributed by atoms with Gasteiger partial charge in [-0.25, -0.2) is 13.1 Å². The average Bonchev–Trinajstić information content (AvgIpc) is 2.74. The van der Waals surface area contributed by atoms with E-state index in [0.29, 0.717) is 10.9 Å². The van der Waals surface area contributed by atoms with Crippen molar-refractivity contribution in [1.29, 1.82) is 0 Å². The number of thioether (sulfide) groups is 1. The van der Waals surface area contributed by atoms with Crippen molar-refractivity contribution in [2.45, 2.75) is 36.3 Å². The predicted molar refractivity (Wildman–Crippen MR) is 81.6 cm³/mol. The molecule has 2 atom stereocenters. The van der Waals surface area contributed by atoms with Gasteiger partial charge in [-0.05, 0) is 36.8 Å². The molecule has 6 heteroatoms. The van der Waals surface area contributed by atoms with Crippen LogP contribution in [0.3, 0.4) is 0 Å². The van der Waals surface area contributed by atoms with Gasteiger partial charge in [0.2, 0.25) is 10.0 Å². The summed E-state index contributed by atoms with van der Waals surface area (Å²) in [4.78, 5) is 0. The van der Waals surface area contributed by atoms with E-state index in [-0.39, 0.29) is 11.8 Å². The van der Waals surface area contributed by atoms with Crippen molar-refractivity contribution in [3.8, 4) is 0 Å². The van der Waals surface area contributed by atoms with Gasteiger partial charge < -0.3 is 5.73 Å². The van der Waals surface area contributed by atoms with Gasteiger partial charge in [-0.2, -0.15) is 11.8 Å². The molecule has 1 aromatic rings. The van der Waals surface area contributed by atoms with Crippen LogP contribution < -0.4 is 10.5 Å². The maximum atomic E-state index is 12.2. The third-order valence-corrected chi connectivity index (χ3v) is 5.94. The van der Waals surface area contributed by atoms with Gasteiger partial charge in [-0.3, -0.25) is 0 Å². The summed E-state index contributed by atoms with van der Waals surface area (Å²) in [6.07, 6.45) is 5.15. The number of hydrogen-bond acceptors (Lipinski definition) is 4. The molecule has 1 fully saturated rings. The molecule has 0 radical (unpaired) electrons. The molecule has 0 heterocycles. The number of nitrogens with one attached hydrogen (secondary N) is 1. The molecular formula is C13H20N2O2S2. The van der Waals surface area contributed by atoms with E-state index in [4.69, 9.17) is 5.73 Å². The second-order valence-electron chi connectivity index (χ2n) is 4.93. The number of nitrogen functional groups attached to an aromatic ring is 1. The Morgan fingerprint density at radius 3 is 2.89 bits per heavy atom. The summed E-state index contributed by atoms with van der Waals surface area (Å²) in [7, 11) is -3.30. The van der Waals surface area contributed by atoms with Crippen LogP contribution in [-0.2, 0) is 15.8 Å². The van der Waals surface area contributed by atoms with Gasteiger partial charge in [-0.15, -0.1) is 0 Å². The first-order chi connectivity index (χ1) is 9.00. The first-order valence-corrected chi connectivity index (χ1v) is 9.31. The number of nitrogens with two attached hydrogens (primary N) is 1. The minimum atomic E-state index is -3.30. The maximum Gasteiger partial charge on any atom is 0.216 e. The zero-order valence-corrected chi connectivity index (χ0v) is 12.6. The lowest BCUT2D eigenvalue weighted by Crippen LogP contribution is -2.39. The Balaban J connectivity index is 2.02. The molecule has 0 aliphatic heterocycles. The fraction of sp³-hybridized carbons (Fsp3) is 0.538. The summed E-state index contributed by atoms with van der Waals surface area (Å²) >= 11 is 1.74. The number of anilines is 1. The molecule has 0 amide bonds. The Morgan fingerprint density at radius 1 is 1.42 bits per heavy atom. The van der Waals surface area contributed by atoms with Crippen molar-refractivity contribution in [3.63, 3.8) is 0 Å². The van der Waals surface area contributed by atoms with E-state index in [0.717, 1.165) is 24.8 Å². The van der Waals surface area contributed by atoms with Gasteiger partial charge in [0.05, 0.1) is 5.75 Å². The third kappa shape index (κ3) is 4.12. The number of hydrogen-bond donors (Lipinski definition) is 2. The second-order valence-corrected chi connectivity index (χ2v) is 7.76. The molecule has 4 nitrogen and oxygen atoms in total. The molecule has 0 bridgehead atoms. The molecular weight excluding hydrogens is 280 g/mol. The summed E-state index contributed by atoms with van der Waals surface area (Å²) < 4.78 is 27.2. The fourth-order valence-corrected chi connectivity index (χ4v) is 4.98. The number of sulfonamides is 1. The first kappa shape index (κ1) is 14.7.